The zero-order chi connectivity index (χ0) is 8.55. The Bertz CT molecular complexity index is 191. The van der Waals surface area contributed by atoms with Crippen LogP contribution in [0, 0.1) is 0 Å². The van der Waals surface area contributed by atoms with E-state index in [9.17, 15) is 4.79 Å². The lowest BCUT2D eigenvalue weighted by molar-refractivity contribution is -0.133. The second-order valence-corrected chi connectivity index (χ2v) is 3.53. The lowest BCUT2D eigenvalue weighted by Gasteiger charge is -2.38. The highest BCUT2D eigenvalue weighted by Gasteiger charge is 2.33. The summed E-state index contributed by atoms with van der Waals surface area (Å²) in [5.41, 5.74) is 0. The van der Waals surface area contributed by atoms with Gasteiger partial charge in [-0.15, -0.1) is 0 Å². The Kier molecular flexibility index (Phi) is 2.02. The van der Waals surface area contributed by atoms with E-state index in [1.807, 2.05) is 7.05 Å². The molecular weight excluding hydrogens is 156 g/mol. The molecule has 0 radical (unpaired) electrons. The molecule has 68 valence electrons. The maximum Gasteiger partial charge on any atom is 0.237 e. The number of carbonyl (C=O) groups excluding carboxylic acids is 1. The summed E-state index contributed by atoms with van der Waals surface area (Å²) in [6.07, 6.45) is 0.996. The number of amides is 1. The molecule has 2 saturated heterocycles. The lowest BCUT2D eigenvalue weighted by atomic mass is 10.0. The van der Waals surface area contributed by atoms with Crippen LogP contribution in [0.1, 0.15) is 6.42 Å². The fourth-order valence-electron chi connectivity index (χ4n) is 1.46. The molecule has 0 aromatic carbocycles. The SMILES string of the molecule is CN1CC[C@H]1C(=O)NC1COC1. The number of rotatable bonds is 2. The van der Waals surface area contributed by atoms with Crippen LogP contribution in [0.5, 0.6) is 0 Å². The maximum absolute atomic E-state index is 11.4. The third-order valence-corrected chi connectivity index (χ3v) is 2.57. The Morgan fingerprint density at radius 3 is 2.67 bits per heavy atom. The summed E-state index contributed by atoms with van der Waals surface area (Å²) < 4.78 is 4.97. The predicted molar refractivity (Wildman–Crippen MR) is 43.8 cm³/mol. The topological polar surface area (TPSA) is 41.6 Å². The summed E-state index contributed by atoms with van der Waals surface area (Å²) in [6.45, 7) is 2.41. The zero-order valence-electron chi connectivity index (χ0n) is 7.25. The first-order chi connectivity index (χ1) is 5.77. The minimum atomic E-state index is 0.116. The number of hydrogen-bond donors (Lipinski definition) is 1. The van der Waals surface area contributed by atoms with Gasteiger partial charge in [0.15, 0.2) is 0 Å². The number of nitrogens with zero attached hydrogens (tertiary/aromatic N) is 1. The third-order valence-electron chi connectivity index (χ3n) is 2.57. The van der Waals surface area contributed by atoms with Gasteiger partial charge in [-0.2, -0.15) is 0 Å². The molecule has 0 aromatic rings. The highest BCUT2D eigenvalue weighted by Crippen LogP contribution is 2.14. The molecule has 0 spiro atoms. The van der Waals surface area contributed by atoms with Crippen LogP contribution < -0.4 is 5.32 Å². The number of likely N-dealkylation sites (N-methyl/N-ethyl adjacent to an activating group) is 1. The summed E-state index contributed by atoms with van der Waals surface area (Å²) in [7, 11) is 1.98. The van der Waals surface area contributed by atoms with Gasteiger partial charge in [0.25, 0.3) is 0 Å². The van der Waals surface area contributed by atoms with Crippen LogP contribution in [0.4, 0.5) is 0 Å². The molecule has 4 heteroatoms. The second-order valence-electron chi connectivity index (χ2n) is 3.53. The van der Waals surface area contributed by atoms with Crippen LogP contribution in [-0.4, -0.2) is 49.7 Å². The van der Waals surface area contributed by atoms with Gasteiger partial charge in [0, 0.05) is 6.54 Å². The van der Waals surface area contributed by atoms with Crippen molar-refractivity contribution in [1.29, 1.82) is 0 Å². The molecule has 0 bridgehead atoms. The Morgan fingerprint density at radius 2 is 2.33 bits per heavy atom. The number of carbonyl (C=O) groups is 1. The molecule has 2 aliphatic heterocycles. The van der Waals surface area contributed by atoms with Crippen LogP contribution in [0.3, 0.4) is 0 Å². The minimum Gasteiger partial charge on any atom is -0.377 e. The largest absolute Gasteiger partial charge is 0.377 e. The molecule has 0 aromatic heterocycles. The van der Waals surface area contributed by atoms with Crippen molar-refractivity contribution in [3.63, 3.8) is 0 Å². The van der Waals surface area contributed by atoms with E-state index < -0.39 is 0 Å². The third kappa shape index (κ3) is 1.32. The quantitative estimate of drug-likeness (QED) is 0.590. The van der Waals surface area contributed by atoms with Gasteiger partial charge < -0.3 is 10.1 Å². The summed E-state index contributed by atoms with van der Waals surface area (Å²) in [6, 6.07) is 0.386. The average Bonchev–Trinajstić information content (AvgIpc) is 1.94. The average molecular weight is 170 g/mol. The first-order valence-corrected chi connectivity index (χ1v) is 4.36. The molecule has 2 aliphatic rings. The molecule has 1 amide bonds. The van der Waals surface area contributed by atoms with Crippen LogP contribution in [-0.2, 0) is 9.53 Å². The van der Waals surface area contributed by atoms with Crippen molar-refractivity contribution in [3.8, 4) is 0 Å². The number of likely N-dealkylation sites (tertiary alicyclic amines) is 1. The molecule has 1 atom stereocenters. The van der Waals surface area contributed by atoms with Gasteiger partial charge >= 0.3 is 0 Å². The van der Waals surface area contributed by atoms with Gasteiger partial charge in [-0.3, -0.25) is 9.69 Å². The predicted octanol–water partition coefficient (Wildman–Crippen LogP) is -0.794. The lowest BCUT2D eigenvalue weighted by Crippen LogP contribution is -2.59. The summed E-state index contributed by atoms with van der Waals surface area (Å²) in [5, 5.41) is 2.94. The number of nitrogens with one attached hydrogen (secondary N) is 1. The van der Waals surface area contributed by atoms with Crippen molar-refractivity contribution in [2.75, 3.05) is 26.8 Å². The first kappa shape index (κ1) is 8.01. The van der Waals surface area contributed by atoms with E-state index in [0.717, 1.165) is 13.0 Å². The van der Waals surface area contributed by atoms with Crippen molar-refractivity contribution < 1.29 is 9.53 Å². The van der Waals surface area contributed by atoms with Crippen molar-refractivity contribution in [1.82, 2.24) is 10.2 Å². The Morgan fingerprint density at radius 1 is 1.58 bits per heavy atom. The molecule has 2 rings (SSSR count). The highest BCUT2D eigenvalue weighted by atomic mass is 16.5. The summed E-state index contributed by atoms with van der Waals surface area (Å²) >= 11 is 0. The van der Waals surface area contributed by atoms with Crippen molar-refractivity contribution >= 4 is 5.91 Å². The molecular formula is C8H14N2O2. The smallest absolute Gasteiger partial charge is 0.237 e. The number of ether oxygens (including phenoxy) is 1. The number of hydrogen-bond acceptors (Lipinski definition) is 3. The zero-order valence-corrected chi connectivity index (χ0v) is 7.25. The van der Waals surface area contributed by atoms with Gasteiger partial charge in [0.2, 0.25) is 5.91 Å². The van der Waals surface area contributed by atoms with E-state index in [-0.39, 0.29) is 18.0 Å². The van der Waals surface area contributed by atoms with Crippen LogP contribution in [0.2, 0.25) is 0 Å². The second kappa shape index (κ2) is 3.03. The fourth-order valence-corrected chi connectivity index (χ4v) is 1.46. The molecule has 0 unspecified atom stereocenters. The van der Waals surface area contributed by atoms with E-state index in [1.165, 1.54) is 0 Å². The Labute approximate surface area is 71.9 Å². The first-order valence-electron chi connectivity index (χ1n) is 4.36. The normalized spacial score (nSPS) is 30.6. The Balaban J connectivity index is 1.75. The molecule has 0 aliphatic carbocycles. The van der Waals surface area contributed by atoms with E-state index >= 15 is 0 Å². The fraction of sp³-hybridized carbons (Fsp3) is 0.875. The molecule has 2 heterocycles. The molecule has 4 nitrogen and oxygen atoms in total. The van der Waals surface area contributed by atoms with Gasteiger partial charge in [0.05, 0.1) is 25.3 Å². The minimum absolute atomic E-state index is 0.116. The van der Waals surface area contributed by atoms with Gasteiger partial charge in [0.1, 0.15) is 0 Å². The van der Waals surface area contributed by atoms with E-state index in [0.29, 0.717) is 13.2 Å². The standard InChI is InChI=1S/C8H14N2O2/c1-10-3-2-7(10)8(11)9-6-4-12-5-6/h6-7H,2-5H2,1H3,(H,9,11)/t7-/m0/s1. The highest BCUT2D eigenvalue weighted by molar-refractivity contribution is 5.82. The van der Waals surface area contributed by atoms with Crippen LogP contribution >= 0.6 is 0 Å². The van der Waals surface area contributed by atoms with Gasteiger partial charge in [-0.25, -0.2) is 0 Å². The van der Waals surface area contributed by atoms with Crippen molar-refractivity contribution in [2.24, 2.45) is 0 Å². The van der Waals surface area contributed by atoms with Gasteiger partial charge in [-0.05, 0) is 13.5 Å². The van der Waals surface area contributed by atoms with E-state index in [1.54, 1.807) is 0 Å². The Hall–Kier alpha value is -0.610. The van der Waals surface area contributed by atoms with Crippen LogP contribution in [0.15, 0.2) is 0 Å². The summed E-state index contributed by atoms with van der Waals surface area (Å²) in [4.78, 5) is 13.5. The van der Waals surface area contributed by atoms with Gasteiger partial charge in [-0.1, -0.05) is 0 Å². The van der Waals surface area contributed by atoms with E-state index in [2.05, 4.69) is 10.2 Å². The van der Waals surface area contributed by atoms with Crippen LogP contribution in [0.25, 0.3) is 0 Å². The van der Waals surface area contributed by atoms with Crippen molar-refractivity contribution in [3.05, 3.63) is 0 Å². The molecule has 1 N–H and O–H groups in total. The van der Waals surface area contributed by atoms with E-state index in [4.69, 9.17) is 4.74 Å². The monoisotopic (exact) mass is 170 g/mol. The summed E-state index contributed by atoms with van der Waals surface area (Å²) in [5.74, 6) is 0.164. The molecule has 0 saturated carbocycles. The molecule has 2 fully saturated rings. The van der Waals surface area contributed by atoms with Crippen molar-refractivity contribution in [2.45, 2.75) is 18.5 Å². The molecule has 12 heavy (non-hydrogen) atoms. The maximum atomic E-state index is 11.4.